The van der Waals surface area contributed by atoms with Gasteiger partial charge in [-0.25, -0.2) is 14.8 Å². The minimum Gasteiger partial charge on any atom is -0.480 e. The Labute approximate surface area is 176 Å². The van der Waals surface area contributed by atoms with Crippen LogP contribution in [-0.4, -0.2) is 70.2 Å². The molecule has 13 heteroatoms. The number of thioether (sulfide) groups is 1. The summed E-state index contributed by atoms with van der Waals surface area (Å²) < 4.78 is 0. The van der Waals surface area contributed by atoms with Crippen LogP contribution in [0.2, 0.25) is 0 Å². The van der Waals surface area contributed by atoms with Crippen molar-refractivity contribution < 1.29 is 19.5 Å². The van der Waals surface area contributed by atoms with Crippen molar-refractivity contribution in [1.29, 1.82) is 0 Å². The van der Waals surface area contributed by atoms with Crippen LogP contribution < -0.4 is 27.4 Å². The van der Waals surface area contributed by atoms with Gasteiger partial charge in [0.1, 0.15) is 6.04 Å². The zero-order valence-electron chi connectivity index (χ0n) is 15.9. The summed E-state index contributed by atoms with van der Waals surface area (Å²) in [7, 11) is 0. The highest BCUT2D eigenvalue weighted by atomic mass is 32.2. The number of carboxylic acid groups (broad SMARTS) is 1. The number of amides is 2. The number of aliphatic imine (C=N–C) groups is 1. The predicted octanol–water partition coefficient (Wildman–Crippen LogP) is -1.60. The van der Waals surface area contributed by atoms with E-state index in [9.17, 15) is 19.5 Å². The summed E-state index contributed by atoms with van der Waals surface area (Å²) in [6.07, 6.45) is 6.00. The Balaban J connectivity index is 1.85. The van der Waals surface area contributed by atoms with Crippen LogP contribution in [-0.2, 0) is 14.4 Å². The first-order chi connectivity index (χ1) is 14.4. The van der Waals surface area contributed by atoms with Crippen molar-refractivity contribution in [2.24, 2.45) is 16.5 Å². The van der Waals surface area contributed by atoms with Crippen molar-refractivity contribution >= 4 is 41.5 Å². The summed E-state index contributed by atoms with van der Waals surface area (Å²) in [6.45, 7) is 0.376. The van der Waals surface area contributed by atoms with Crippen molar-refractivity contribution in [2.75, 3.05) is 30.7 Å². The van der Waals surface area contributed by atoms with Crippen molar-refractivity contribution in [3.05, 3.63) is 41.1 Å². The van der Waals surface area contributed by atoms with Gasteiger partial charge in [-0.05, 0) is 12.1 Å². The lowest BCUT2D eigenvalue weighted by Crippen LogP contribution is -2.42. The van der Waals surface area contributed by atoms with Crippen LogP contribution in [0.3, 0.4) is 0 Å². The van der Waals surface area contributed by atoms with E-state index in [1.54, 1.807) is 12.1 Å². The maximum Gasteiger partial charge on any atom is 0.328 e. The molecule has 1 aromatic heterocycles. The first kappa shape index (κ1) is 22.7. The fourth-order valence-corrected chi connectivity index (χ4v) is 3.10. The van der Waals surface area contributed by atoms with Gasteiger partial charge in [0.15, 0.2) is 5.96 Å². The average molecular weight is 434 g/mol. The first-order valence-corrected chi connectivity index (χ1v) is 9.77. The van der Waals surface area contributed by atoms with E-state index in [0.29, 0.717) is 16.2 Å². The first-order valence-electron chi connectivity index (χ1n) is 8.78. The normalized spacial score (nSPS) is 13.9. The smallest absolute Gasteiger partial charge is 0.328 e. The molecule has 0 fully saturated rings. The molecule has 0 aromatic carbocycles. The summed E-state index contributed by atoms with van der Waals surface area (Å²) in [5.41, 5.74) is 10.9. The third-order valence-corrected chi connectivity index (χ3v) is 4.75. The molecular formula is C17H22N8O4S. The number of hydrogen-bond donors (Lipinski definition) is 6. The summed E-state index contributed by atoms with van der Waals surface area (Å²) in [6, 6.07) is 0.495. The summed E-state index contributed by atoms with van der Waals surface area (Å²) in [5.74, 6) is -1.48. The number of nitrogens with zero attached hydrogens (tertiary/aromatic N) is 3. The number of guanidine groups is 1. The molecule has 0 radical (unpaired) electrons. The third-order valence-electron chi connectivity index (χ3n) is 3.66. The molecule has 1 aliphatic rings. The standard InChI is InChI=1S/C17H22N8O4S/c18-16(19)21-7-6-20-13(26)10-2-3-12(30-9-10)14(27)24-8-11(15(28)29)25-17-22-4-1-5-23-17/h1-5,11H,6-9H2,(H,20,26)(H,24,27)(H,28,29)(H4,18,19,21)(H,22,23,25). The van der Waals surface area contributed by atoms with Gasteiger partial charge in [-0.15, -0.1) is 11.8 Å². The van der Waals surface area contributed by atoms with E-state index < -0.39 is 17.9 Å². The highest BCUT2D eigenvalue weighted by Crippen LogP contribution is 2.24. The number of carbonyl (C=O) groups excluding carboxylic acids is 2. The number of hydrogen-bond acceptors (Lipinski definition) is 8. The highest BCUT2D eigenvalue weighted by molar-refractivity contribution is 8.04. The molecule has 1 atom stereocenters. The van der Waals surface area contributed by atoms with E-state index >= 15 is 0 Å². The van der Waals surface area contributed by atoms with Crippen molar-refractivity contribution in [2.45, 2.75) is 6.04 Å². The van der Waals surface area contributed by atoms with E-state index in [4.69, 9.17) is 11.5 Å². The molecule has 0 saturated carbocycles. The van der Waals surface area contributed by atoms with Crippen LogP contribution in [0.15, 0.2) is 46.1 Å². The molecule has 8 N–H and O–H groups in total. The Morgan fingerprint density at radius 2 is 1.90 bits per heavy atom. The van der Waals surface area contributed by atoms with Crippen LogP contribution in [0.25, 0.3) is 0 Å². The average Bonchev–Trinajstić information content (AvgIpc) is 2.74. The maximum atomic E-state index is 12.3. The number of aliphatic carboxylic acids is 1. The van der Waals surface area contributed by atoms with E-state index in [0.717, 1.165) is 0 Å². The van der Waals surface area contributed by atoms with Crippen molar-refractivity contribution in [3.63, 3.8) is 0 Å². The van der Waals surface area contributed by atoms with E-state index in [2.05, 4.69) is 30.9 Å². The van der Waals surface area contributed by atoms with E-state index in [-0.39, 0.29) is 37.4 Å². The Morgan fingerprint density at radius 1 is 1.17 bits per heavy atom. The van der Waals surface area contributed by atoms with E-state index in [1.165, 1.54) is 30.2 Å². The van der Waals surface area contributed by atoms with Gasteiger partial charge < -0.3 is 32.5 Å². The molecule has 160 valence electrons. The second kappa shape index (κ2) is 11.4. The monoisotopic (exact) mass is 434 g/mol. The number of anilines is 1. The molecule has 1 aliphatic heterocycles. The molecule has 2 heterocycles. The lowest BCUT2D eigenvalue weighted by Gasteiger charge is -2.17. The number of carbonyl (C=O) groups is 3. The molecule has 0 spiro atoms. The van der Waals surface area contributed by atoms with Crippen molar-refractivity contribution in [1.82, 2.24) is 20.6 Å². The molecule has 30 heavy (non-hydrogen) atoms. The minimum atomic E-state index is -1.16. The minimum absolute atomic E-state index is 0.0492. The molecule has 0 bridgehead atoms. The molecule has 12 nitrogen and oxygen atoms in total. The lowest BCUT2D eigenvalue weighted by molar-refractivity contribution is -0.137. The predicted molar refractivity (Wildman–Crippen MR) is 112 cm³/mol. The third kappa shape index (κ3) is 7.43. The summed E-state index contributed by atoms with van der Waals surface area (Å²) in [4.78, 5) is 47.7. The zero-order valence-corrected chi connectivity index (χ0v) is 16.7. The number of allylic oxidation sites excluding steroid dienone is 2. The van der Waals surface area contributed by atoms with E-state index in [1.807, 2.05) is 0 Å². The Kier molecular flexibility index (Phi) is 8.62. The molecule has 0 saturated heterocycles. The highest BCUT2D eigenvalue weighted by Gasteiger charge is 2.22. The zero-order chi connectivity index (χ0) is 21.9. The van der Waals surface area contributed by atoms with Crippen LogP contribution in [0, 0.1) is 0 Å². The van der Waals surface area contributed by atoms with Gasteiger partial charge in [0.05, 0.1) is 11.4 Å². The lowest BCUT2D eigenvalue weighted by atomic mass is 10.2. The number of nitrogens with two attached hydrogens (primary N) is 2. The van der Waals surface area contributed by atoms with Gasteiger partial charge in [0.2, 0.25) is 11.9 Å². The quantitative estimate of drug-likeness (QED) is 0.142. The molecule has 2 amide bonds. The van der Waals surface area contributed by atoms with Gasteiger partial charge in [-0.1, -0.05) is 6.08 Å². The van der Waals surface area contributed by atoms with Crippen LogP contribution in [0.5, 0.6) is 0 Å². The SMILES string of the molecule is NC(N)=NCCNC(=O)C1=CC=C(C(=O)NCC(Nc2ncccn2)C(=O)O)SC1. The van der Waals surface area contributed by atoms with Gasteiger partial charge >= 0.3 is 5.97 Å². The number of nitrogens with one attached hydrogen (secondary N) is 3. The second-order valence-electron chi connectivity index (χ2n) is 5.89. The van der Waals surface area contributed by atoms with Crippen LogP contribution in [0.4, 0.5) is 5.95 Å². The molecule has 2 rings (SSSR count). The van der Waals surface area contributed by atoms with Gasteiger partial charge in [-0.3, -0.25) is 14.6 Å². The summed E-state index contributed by atoms with van der Waals surface area (Å²) in [5, 5.41) is 17.2. The maximum absolute atomic E-state index is 12.3. The fraction of sp³-hybridized carbons (Fsp3) is 0.294. The molecule has 1 aromatic rings. The topological polar surface area (TPSA) is 198 Å². The van der Waals surface area contributed by atoms with Crippen molar-refractivity contribution in [3.8, 4) is 0 Å². The largest absolute Gasteiger partial charge is 0.480 e. The summed E-state index contributed by atoms with van der Waals surface area (Å²) >= 11 is 1.18. The van der Waals surface area contributed by atoms with Gasteiger partial charge in [0.25, 0.3) is 5.91 Å². The van der Waals surface area contributed by atoms with Gasteiger partial charge in [-0.2, -0.15) is 0 Å². The second-order valence-corrected chi connectivity index (χ2v) is 6.91. The Hall–Kier alpha value is -3.61. The van der Waals surface area contributed by atoms with Crippen LogP contribution in [0.1, 0.15) is 0 Å². The molecule has 0 aliphatic carbocycles. The fourth-order valence-electron chi connectivity index (χ4n) is 2.19. The number of rotatable bonds is 10. The van der Waals surface area contributed by atoms with Crippen LogP contribution >= 0.6 is 11.8 Å². The molecular weight excluding hydrogens is 412 g/mol. The number of aromatic nitrogens is 2. The van der Waals surface area contributed by atoms with Gasteiger partial charge in [0, 0.05) is 36.8 Å². The number of carboxylic acids is 1. The molecule has 1 unspecified atom stereocenters. The Bertz CT molecular complexity index is 868. The Morgan fingerprint density at radius 3 is 2.50 bits per heavy atom.